The first-order chi connectivity index (χ1) is 6.27. The van der Waals surface area contributed by atoms with Crippen LogP contribution in [-0.2, 0) is 9.53 Å². The molecule has 0 amide bonds. The molecule has 2 atom stereocenters. The molecule has 0 bridgehead atoms. The summed E-state index contributed by atoms with van der Waals surface area (Å²) in [7, 11) is 0. The maximum atomic E-state index is 10.3. The average molecular weight is 178 g/mol. The van der Waals surface area contributed by atoms with Gasteiger partial charge >= 0.3 is 5.97 Å². The number of rotatable bonds is 3. The van der Waals surface area contributed by atoms with Crippen molar-refractivity contribution in [3.8, 4) is 0 Å². The molecular formula is C10H10O3. The zero-order valence-corrected chi connectivity index (χ0v) is 7.01. The van der Waals surface area contributed by atoms with Crippen molar-refractivity contribution in [2.75, 3.05) is 0 Å². The Hall–Kier alpha value is -1.35. The molecule has 2 rings (SSSR count). The van der Waals surface area contributed by atoms with Crippen LogP contribution in [-0.4, -0.2) is 17.2 Å². The minimum atomic E-state index is -0.802. The van der Waals surface area contributed by atoms with Crippen LogP contribution < -0.4 is 0 Å². The van der Waals surface area contributed by atoms with Crippen LogP contribution in [0.15, 0.2) is 30.3 Å². The smallest absolute Gasteiger partial charge is 0.306 e. The molecule has 3 heteroatoms. The lowest BCUT2D eigenvalue weighted by Gasteiger charge is -1.92. The highest BCUT2D eigenvalue weighted by Gasteiger charge is 2.41. The van der Waals surface area contributed by atoms with Gasteiger partial charge in [0.05, 0.1) is 12.5 Å². The number of hydrogen-bond donors (Lipinski definition) is 1. The van der Waals surface area contributed by atoms with Gasteiger partial charge in [0, 0.05) is 0 Å². The molecule has 0 aliphatic carbocycles. The molecule has 1 aromatic carbocycles. The van der Waals surface area contributed by atoms with Gasteiger partial charge < -0.3 is 9.84 Å². The van der Waals surface area contributed by atoms with E-state index in [1.54, 1.807) is 0 Å². The van der Waals surface area contributed by atoms with Crippen molar-refractivity contribution >= 4 is 5.97 Å². The van der Waals surface area contributed by atoms with E-state index in [2.05, 4.69) is 0 Å². The third-order valence-electron chi connectivity index (χ3n) is 2.09. The van der Waals surface area contributed by atoms with E-state index in [0.717, 1.165) is 5.56 Å². The van der Waals surface area contributed by atoms with Gasteiger partial charge in [0.1, 0.15) is 6.10 Å². The Labute approximate surface area is 76.0 Å². The first-order valence-electron chi connectivity index (χ1n) is 4.19. The van der Waals surface area contributed by atoms with Crippen LogP contribution in [0.4, 0.5) is 0 Å². The first kappa shape index (κ1) is 8.26. The second-order valence-electron chi connectivity index (χ2n) is 3.10. The molecule has 68 valence electrons. The van der Waals surface area contributed by atoms with E-state index in [4.69, 9.17) is 9.84 Å². The Morgan fingerprint density at radius 1 is 1.38 bits per heavy atom. The number of epoxide rings is 1. The second-order valence-corrected chi connectivity index (χ2v) is 3.10. The molecule has 0 radical (unpaired) electrons. The van der Waals surface area contributed by atoms with Crippen LogP contribution in [0.25, 0.3) is 0 Å². The number of ether oxygens (including phenoxy) is 1. The fourth-order valence-corrected chi connectivity index (χ4v) is 1.41. The molecule has 0 unspecified atom stereocenters. The van der Waals surface area contributed by atoms with E-state index in [-0.39, 0.29) is 18.6 Å². The molecule has 0 aromatic heterocycles. The molecule has 1 aliphatic heterocycles. The van der Waals surface area contributed by atoms with Gasteiger partial charge in [0.2, 0.25) is 0 Å². The first-order valence-corrected chi connectivity index (χ1v) is 4.19. The van der Waals surface area contributed by atoms with E-state index in [9.17, 15) is 4.79 Å². The molecule has 1 aromatic rings. The SMILES string of the molecule is O=C(O)C[C@@H]1O[C@H]1c1ccccc1. The maximum absolute atomic E-state index is 10.3. The number of aliphatic carboxylic acids is 1. The minimum Gasteiger partial charge on any atom is -0.481 e. The van der Waals surface area contributed by atoms with Gasteiger partial charge in [-0.15, -0.1) is 0 Å². The Balaban J connectivity index is 1.97. The number of benzene rings is 1. The number of hydrogen-bond acceptors (Lipinski definition) is 2. The summed E-state index contributed by atoms with van der Waals surface area (Å²) in [5.41, 5.74) is 1.06. The van der Waals surface area contributed by atoms with E-state index in [1.165, 1.54) is 0 Å². The lowest BCUT2D eigenvalue weighted by molar-refractivity contribution is -0.137. The van der Waals surface area contributed by atoms with Crippen molar-refractivity contribution in [3.63, 3.8) is 0 Å². The molecule has 1 saturated heterocycles. The van der Waals surface area contributed by atoms with Crippen molar-refractivity contribution in [1.29, 1.82) is 0 Å². The Kier molecular flexibility index (Phi) is 2.02. The molecule has 0 saturated carbocycles. The van der Waals surface area contributed by atoms with Gasteiger partial charge in [0.25, 0.3) is 0 Å². The highest BCUT2D eigenvalue weighted by atomic mass is 16.6. The summed E-state index contributed by atoms with van der Waals surface area (Å²) in [6, 6.07) is 9.68. The van der Waals surface area contributed by atoms with E-state index in [0.29, 0.717) is 0 Å². The third-order valence-corrected chi connectivity index (χ3v) is 2.09. The number of carboxylic acids is 1. The quantitative estimate of drug-likeness (QED) is 0.715. The lowest BCUT2D eigenvalue weighted by atomic mass is 10.1. The molecule has 13 heavy (non-hydrogen) atoms. The Morgan fingerprint density at radius 3 is 2.69 bits per heavy atom. The predicted octanol–water partition coefficient (Wildman–Crippen LogP) is 1.60. The molecule has 1 aliphatic rings. The molecule has 1 heterocycles. The number of carbonyl (C=O) groups is 1. The predicted molar refractivity (Wildman–Crippen MR) is 46.3 cm³/mol. The lowest BCUT2D eigenvalue weighted by Crippen LogP contribution is -2.00. The van der Waals surface area contributed by atoms with Crippen molar-refractivity contribution in [1.82, 2.24) is 0 Å². The third kappa shape index (κ3) is 1.87. The summed E-state index contributed by atoms with van der Waals surface area (Å²) >= 11 is 0. The molecule has 0 spiro atoms. The van der Waals surface area contributed by atoms with Crippen LogP contribution in [0.5, 0.6) is 0 Å². The normalized spacial score (nSPS) is 25.5. The molecule has 1 fully saturated rings. The van der Waals surface area contributed by atoms with E-state index < -0.39 is 5.97 Å². The van der Waals surface area contributed by atoms with E-state index in [1.807, 2.05) is 30.3 Å². The highest BCUT2D eigenvalue weighted by Crippen LogP contribution is 2.40. The van der Waals surface area contributed by atoms with Crippen molar-refractivity contribution < 1.29 is 14.6 Å². The average Bonchev–Trinajstić information content (AvgIpc) is 2.84. The molecule has 3 nitrogen and oxygen atoms in total. The summed E-state index contributed by atoms with van der Waals surface area (Å²) in [4.78, 5) is 10.3. The van der Waals surface area contributed by atoms with E-state index >= 15 is 0 Å². The highest BCUT2D eigenvalue weighted by molar-refractivity contribution is 5.68. The van der Waals surface area contributed by atoms with Crippen LogP contribution >= 0.6 is 0 Å². The monoisotopic (exact) mass is 178 g/mol. The summed E-state index contributed by atoms with van der Waals surface area (Å²) < 4.78 is 5.23. The summed E-state index contributed by atoms with van der Waals surface area (Å²) in [5.74, 6) is -0.802. The van der Waals surface area contributed by atoms with Gasteiger partial charge in [0.15, 0.2) is 0 Å². The largest absolute Gasteiger partial charge is 0.481 e. The van der Waals surface area contributed by atoms with Gasteiger partial charge in [-0.25, -0.2) is 0 Å². The topological polar surface area (TPSA) is 49.8 Å². The van der Waals surface area contributed by atoms with Crippen molar-refractivity contribution in [3.05, 3.63) is 35.9 Å². The van der Waals surface area contributed by atoms with Crippen LogP contribution in [0.1, 0.15) is 18.1 Å². The molecule has 1 N–H and O–H groups in total. The zero-order valence-electron chi connectivity index (χ0n) is 7.01. The Morgan fingerprint density at radius 2 is 2.08 bits per heavy atom. The fourth-order valence-electron chi connectivity index (χ4n) is 1.41. The number of carboxylic acid groups (broad SMARTS) is 1. The van der Waals surface area contributed by atoms with Crippen LogP contribution in [0, 0.1) is 0 Å². The van der Waals surface area contributed by atoms with Gasteiger partial charge in [-0.1, -0.05) is 30.3 Å². The Bertz CT molecular complexity index is 307. The zero-order chi connectivity index (χ0) is 9.26. The van der Waals surface area contributed by atoms with Crippen LogP contribution in [0.3, 0.4) is 0 Å². The van der Waals surface area contributed by atoms with Crippen molar-refractivity contribution in [2.45, 2.75) is 18.6 Å². The maximum Gasteiger partial charge on any atom is 0.306 e. The minimum absolute atomic E-state index is 0.00250. The van der Waals surface area contributed by atoms with Gasteiger partial charge in [-0.2, -0.15) is 0 Å². The van der Waals surface area contributed by atoms with Gasteiger partial charge in [-0.3, -0.25) is 4.79 Å². The summed E-state index contributed by atoms with van der Waals surface area (Å²) in [5, 5.41) is 8.51. The second kappa shape index (κ2) is 3.18. The van der Waals surface area contributed by atoms with Crippen LogP contribution in [0.2, 0.25) is 0 Å². The fraction of sp³-hybridized carbons (Fsp3) is 0.300. The summed E-state index contributed by atoms with van der Waals surface area (Å²) in [6.45, 7) is 0. The standard InChI is InChI=1S/C10H10O3/c11-9(12)6-8-10(13-8)7-4-2-1-3-5-7/h1-5,8,10H,6H2,(H,11,12)/t8-,10-/m0/s1. The van der Waals surface area contributed by atoms with Gasteiger partial charge in [-0.05, 0) is 5.56 Å². The summed E-state index contributed by atoms with van der Waals surface area (Å²) in [6.07, 6.45) is -0.0308. The van der Waals surface area contributed by atoms with Crippen molar-refractivity contribution in [2.24, 2.45) is 0 Å². The molecular weight excluding hydrogens is 168 g/mol.